The third-order valence-corrected chi connectivity index (χ3v) is 3.97. The van der Waals surface area contributed by atoms with Gasteiger partial charge in [0.2, 0.25) is 0 Å². The summed E-state index contributed by atoms with van der Waals surface area (Å²) >= 11 is 0. The van der Waals surface area contributed by atoms with E-state index in [0.29, 0.717) is 5.92 Å². The normalized spacial score (nSPS) is 29.2. The summed E-state index contributed by atoms with van der Waals surface area (Å²) in [5.74, 6) is -0.257. The Morgan fingerprint density at radius 3 is 2.68 bits per heavy atom. The fourth-order valence-corrected chi connectivity index (χ4v) is 2.92. The third-order valence-electron chi connectivity index (χ3n) is 3.97. The number of amides is 1. The molecule has 102 valence electrons. The number of hydrogen-bond donors (Lipinski definition) is 1. The third kappa shape index (κ3) is 2.33. The minimum Gasteiger partial charge on any atom is -0.395 e. The van der Waals surface area contributed by atoms with Crippen LogP contribution < -0.4 is 5.32 Å². The van der Waals surface area contributed by atoms with E-state index in [1.807, 2.05) is 0 Å². The number of furan rings is 1. The summed E-state index contributed by atoms with van der Waals surface area (Å²) < 4.78 is 4.90. The van der Waals surface area contributed by atoms with Crippen LogP contribution in [-0.4, -0.2) is 41.4 Å². The van der Waals surface area contributed by atoms with Crippen LogP contribution >= 0.6 is 0 Å². The Bertz CT molecular complexity index is 505. The van der Waals surface area contributed by atoms with Crippen molar-refractivity contribution in [3.8, 4) is 0 Å². The number of rotatable bonds is 3. The monoisotopic (exact) mass is 265 g/mol. The molecular formula is C12H15N3O4. The molecule has 4 rings (SSSR count). The van der Waals surface area contributed by atoms with Gasteiger partial charge in [0.05, 0.1) is 6.07 Å². The molecule has 19 heavy (non-hydrogen) atoms. The standard InChI is InChI=1S/C12H15N3O4/c16-12(10-1-2-11(19-10)15(17)18)13-9-7-14-5-3-8(9)4-6-14/h1-2,8-9H,3-7H2,(H,13,16)/t9-/m0/s1. The van der Waals surface area contributed by atoms with E-state index in [-0.39, 0.29) is 17.7 Å². The number of hydrogen-bond acceptors (Lipinski definition) is 5. The van der Waals surface area contributed by atoms with Crippen LogP contribution in [0.25, 0.3) is 0 Å². The lowest BCUT2D eigenvalue weighted by molar-refractivity contribution is -0.402. The molecule has 0 unspecified atom stereocenters. The molecule has 0 spiro atoms. The molecule has 0 radical (unpaired) electrons. The summed E-state index contributed by atoms with van der Waals surface area (Å²) in [6, 6.07) is 2.67. The van der Waals surface area contributed by atoms with Crippen LogP contribution in [-0.2, 0) is 0 Å². The second-order valence-electron chi connectivity index (χ2n) is 5.11. The molecule has 7 heteroatoms. The van der Waals surface area contributed by atoms with Gasteiger partial charge in [-0.2, -0.15) is 0 Å². The minimum atomic E-state index is -0.648. The van der Waals surface area contributed by atoms with E-state index < -0.39 is 10.8 Å². The average molecular weight is 265 g/mol. The Kier molecular flexibility index (Phi) is 2.98. The van der Waals surface area contributed by atoms with Crippen LogP contribution in [0.15, 0.2) is 16.5 Å². The highest BCUT2D eigenvalue weighted by molar-refractivity contribution is 5.91. The summed E-state index contributed by atoms with van der Waals surface area (Å²) in [6.45, 7) is 3.06. The Morgan fingerprint density at radius 1 is 1.42 bits per heavy atom. The maximum Gasteiger partial charge on any atom is 0.433 e. The van der Waals surface area contributed by atoms with Gasteiger partial charge in [0.15, 0.2) is 5.76 Å². The molecule has 7 nitrogen and oxygen atoms in total. The quantitative estimate of drug-likeness (QED) is 0.651. The highest BCUT2D eigenvalue weighted by Gasteiger charge is 2.35. The molecular weight excluding hydrogens is 250 g/mol. The molecule has 3 saturated heterocycles. The lowest BCUT2D eigenvalue weighted by Crippen LogP contribution is -2.57. The van der Waals surface area contributed by atoms with Crippen molar-refractivity contribution in [3.05, 3.63) is 28.0 Å². The second-order valence-corrected chi connectivity index (χ2v) is 5.11. The van der Waals surface area contributed by atoms with E-state index in [1.54, 1.807) is 0 Å². The zero-order valence-electron chi connectivity index (χ0n) is 10.4. The summed E-state index contributed by atoms with van der Waals surface area (Å²) in [7, 11) is 0. The first-order chi connectivity index (χ1) is 9.13. The molecule has 0 aromatic carbocycles. The van der Waals surface area contributed by atoms with Gasteiger partial charge >= 0.3 is 5.88 Å². The number of fused-ring (bicyclic) bond motifs is 3. The van der Waals surface area contributed by atoms with Crippen LogP contribution in [0.1, 0.15) is 23.4 Å². The first-order valence-corrected chi connectivity index (χ1v) is 6.41. The smallest absolute Gasteiger partial charge is 0.395 e. The van der Waals surface area contributed by atoms with Crippen molar-refractivity contribution < 1.29 is 14.1 Å². The molecule has 3 aliphatic heterocycles. The molecule has 1 N–H and O–H groups in total. The molecule has 4 heterocycles. The molecule has 3 fully saturated rings. The summed E-state index contributed by atoms with van der Waals surface area (Å²) in [5, 5.41) is 13.4. The topological polar surface area (TPSA) is 88.6 Å². The van der Waals surface area contributed by atoms with Gasteiger partial charge in [-0.15, -0.1) is 0 Å². The molecule has 1 aromatic rings. The van der Waals surface area contributed by atoms with E-state index in [0.717, 1.165) is 32.5 Å². The van der Waals surface area contributed by atoms with Crippen LogP contribution in [0.4, 0.5) is 5.88 Å². The van der Waals surface area contributed by atoms with E-state index >= 15 is 0 Å². The Morgan fingerprint density at radius 2 is 2.16 bits per heavy atom. The lowest BCUT2D eigenvalue weighted by Gasteiger charge is -2.44. The van der Waals surface area contributed by atoms with Crippen LogP contribution in [0.2, 0.25) is 0 Å². The van der Waals surface area contributed by atoms with Gasteiger partial charge in [0.25, 0.3) is 5.91 Å². The van der Waals surface area contributed by atoms with E-state index in [9.17, 15) is 14.9 Å². The first kappa shape index (κ1) is 12.2. The maximum atomic E-state index is 12.0. The van der Waals surface area contributed by atoms with Gasteiger partial charge in [0.1, 0.15) is 4.92 Å². The molecule has 3 aliphatic rings. The average Bonchev–Trinajstić information content (AvgIpc) is 2.90. The lowest BCUT2D eigenvalue weighted by atomic mass is 9.84. The number of carbonyl (C=O) groups excluding carboxylic acids is 1. The van der Waals surface area contributed by atoms with E-state index in [1.165, 1.54) is 12.1 Å². The largest absolute Gasteiger partial charge is 0.433 e. The van der Waals surface area contributed by atoms with Crippen LogP contribution in [0.5, 0.6) is 0 Å². The van der Waals surface area contributed by atoms with Crippen molar-refractivity contribution in [3.63, 3.8) is 0 Å². The predicted molar refractivity (Wildman–Crippen MR) is 65.8 cm³/mol. The Labute approximate surface area is 109 Å². The van der Waals surface area contributed by atoms with Gasteiger partial charge in [-0.05, 0) is 37.9 Å². The maximum absolute atomic E-state index is 12.0. The fourth-order valence-electron chi connectivity index (χ4n) is 2.92. The van der Waals surface area contributed by atoms with Crippen molar-refractivity contribution in [2.24, 2.45) is 5.92 Å². The van der Waals surface area contributed by atoms with Gasteiger partial charge in [-0.3, -0.25) is 14.9 Å². The highest BCUT2D eigenvalue weighted by Crippen LogP contribution is 2.27. The zero-order chi connectivity index (χ0) is 13.4. The van der Waals surface area contributed by atoms with Crippen molar-refractivity contribution in [2.45, 2.75) is 18.9 Å². The molecule has 1 atom stereocenters. The Balaban J connectivity index is 1.66. The van der Waals surface area contributed by atoms with Gasteiger partial charge < -0.3 is 14.6 Å². The van der Waals surface area contributed by atoms with Crippen molar-refractivity contribution in [1.82, 2.24) is 10.2 Å². The first-order valence-electron chi connectivity index (χ1n) is 6.41. The van der Waals surface area contributed by atoms with Gasteiger partial charge in [-0.25, -0.2) is 0 Å². The predicted octanol–water partition coefficient (Wildman–Crippen LogP) is 1.01. The number of nitrogens with one attached hydrogen (secondary N) is 1. The minimum absolute atomic E-state index is 0.00291. The van der Waals surface area contributed by atoms with E-state index in [2.05, 4.69) is 10.2 Å². The van der Waals surface area contributed by atoms with Gasteiger partial charge in [-0.1, -0.05) is 0 Å². The molecule has 1 amide bonds. The fraction of sp³-hybridized carbons (Fsp3) is 0.583. The van der Waals surface area contributed by atoms with Gasteiger partial charge in [0, 0.05) is 12.6 Å². The summed E-state index contributed by atoms with van der Waals surface area (Å²) in [4.78, 5) is 24.2. The molecule has 0 aliphatic carbocycles. The Hall–Kier alpha value is -1.89. The van der Waals surface area contributed by atoms with Crippen LogP contribution in [0.3, 0.4) is 0 Å². The van der Waals surface area contributed by atoms with Crippen molar-refractivity contribution in [1.29, 1.82) is 0 Å². The number of carbonyl (C=O) groups is 1. The molecule has 2 bridgehead atoms. The number of nitrogens with zero attached hydrogens (tertiary/aromatic N) is 2. The summed E-state index contributed by atoms with van der Waals surface area (Å²) in [5.41, 5.74) is 0. The van der Waals surface area contributed by atoms with Crippen molar-refractivity contribution >= 4 is 11.8 Å². The van der Waals surface area contributed by atoms with Crippen LogP contribution in [0, 0.1) is 16.0 Å². The second kappa shape index (κ2) is 4.65. The molecule has 0 saturated carbocycles. The number of piperidine rings is 3. The highest BCUT2D eigenvalue weighted by atomic mass is 16.6. The van der Waals surface area contributed by atoms with Crippen molar-refractivity contribution in [2.75, 3.05) is 19.6 Å². The van der Waals surface area contributed by atoms with E-state index in [4.69, 9.17) is 4.42 Å². The number of nitro groups is 1. The SMILES string of the molecule is O=C(N[C@H]1CN2CCC1CC2)c1ccc([N+](=O)[O-])o1. The summed E-state index contributed by atoms with van der Waals surface area (Å²) in [6.07, 6.45) is 2.20. The zero-order valence-corrected chi connectivity index (χ0v) is 10.4. The molecule has 1 aromatic heterocycles.